The Morgan fingerprint density at radius 3 is 2.75 bits per heavy atom. The number of nitrogens with one attached hydrogen (secondary N) is 1. The molecule has 1 amide bonds. The predicted molar refractivity (Wildman–Crippen MR) is 95.1 cm³/mol. The summed E-state index contributed by atoms with van der Waals surface area (Å²) >= 11 is 7.58. The molecular formula is C17H14ClN3O2S. The van der Waals surface area contributed by atoms with E-state index in [1.165, 1.54) is 17.4 Å². The lowest BCUT2D eigenvalue weighted by atomic mass is 10.2. The fraction of sp³-hybridized carbons (Fsp3) is 0.118. The molecule has 0 radical (unpaired) electrons. The minimum Gasteiger partial charge on any atom is -0.350 e. The normalized spacial score (nSPS) is 10.5. The zero-order valence-corrected chi connectivity index (χ0v) is 14.2. The van der Waals surface area contributed by atoms with Gasteiger partial charge < -0.3 is 5.32 Å². The third kappa shape index (κ3) is 3.90. The zero-order valence-electron chi connectivity index (χ0n) is 12.6. The first-order valence-corrected chi connectivity index (χ1v) is 8.51. The van der Waals surface area contributed by atoms with E-state index >= 15 is 0 Å². The smallest absolute Gasteiger partial charge is 0.267 e. The maximum atomic E-state index is 12.1. The van der Waals surface area contributed by atoms with Gasteiger partial charge in [0.1, 0.15) is 12.2 Å². The van der Waals surface area contributed by atoms with Crippen LogP contribution in [-0.4, -0.2) is 15.7 Å². The first-order valence-electron chi connectivity index (χ1n) is 7.25. The molecule has 0 bridgehead atoms. The SMILES string of the molecule is O=C(Cn1nc(-c2cccs2)ccc1=O)NCc1ccccc1Cl. The summed E-state index contributed by atoms with van der Waals surface area (Å²) in [5, 5.41) is 9.53. The third-order valence-electron chi connectivity index (χ3n) is 3.37. The fourth-order valence-electron chi connectivity index (χ4n) is 2.15. The van der Waals surface area contributed by atoms with Crippen LogP contribution in [0.3, 0.4) is 0 Å². The summed E-state index contributed by atoms with van der Waals surface area (Å²) < 4.78 is 1.16. The number of hydrogen-bond donors (Lipinski definition) is 1. The number of amides is 1. The Kier molecular flexibility index (Phi) is 5.08. The summed E-state index contributed by atoms with van der Waals surface area (Å²) in [4.78, 5) is 24.9. The van der Waals surface area contributed by atoms with E-state index in [0.29, 0.717) is 17.3 Å². The molecule has 7 heteroatoms. The minimum atomic E-state index is -0.316. The van der Waals surface area contributed by atoms with Gasteiger partial charge in [-0.1, -0.05) is 35.9 Å². The van der Waals surface area contributed by atoms with Crippen molar-refractivity contribution in [1.82, 2.24) is 15.1 Å². The van der Waals surface area contributed by atoms with Crippen molar-refractivity contribution in [3.05, 3.63) is 74.9 Å². The summed E-state index contributed by atoms with van der Waals surface area (Å²) in [5.41, 5.74) is 1.17. The number of carbonyl (C=O) groups is 1. The van der Waals surface area contributed by atoms with Crippen molar-refractivity contribution in [1.29, 1.82) is 0 Å². The molecule has 0 aliphatic rings. The van der Waals surface area contributed by atoms with Crippen molar-refractivity contribution >= 4 is 28.8 Å². The van der Waals surface area contributed by atoms with Gasteiger partial charge in [0.05, 0.1) is 4.88 Å². The fourth-order valence-corrected chi connectivity index (χ4v) is 3.04. The van der Waals surface area contributed by atoms with Gasteiger partial charge in [0.15, 0.2) is 0 Å². The van der Waals surface area contributed by atoms with Crippen molar-refractivity contribution in [3.63, 3.8) is 0 Å². The highest BCUT2D eigenvalue weighted by molar-refractivity contribution is 7.13. The first-order chi connectivity index (χ1) is 11.6. The molecule has 1 N–H and O–H groups in total. The van der Waals surface area contributed by atoms with Crippen molar-refractivity contribution in [2.45, 2.75) is 13.1 Å². The van der Waals surface area contributed by atoms with Gasteiger partial charge in [0.25, 0.3) is 5.56 Å². The van der Waals surface area contributed by atoms with Gasteiger partial charge >= 0.3 is 0 Å². The number of rotatable bonds is 5. The van der Waals surface area contributed by atoms with E-state index < -0.39 is 0 Å². The number of hydrogen-bond acceptors (Lipinski definition) is 4. The predicted octanol–water partition coefficient (Wildman–Crippen LogP) is 2.94. The molecule has 0 fully saturated rings. The molecule has 0 saturated carbocycles. The van der Waals surface area contributed by atoms with E-state index in [-0.39, 0.29) is 18.0 Å². The summed E-state index contributed by atoms with van der Waals surface area (Å²) in [6, 6.07) is 14.2. The van der Waals surface area contributed by atoms with Crippen molar-refractivity contribution in [2.75, 3.05) is 0 Å². The van der Waals surface area contributed by atoms with E-state index in [4.69, 9.17) is 11.6 Å². The molecule has 122 valence electrons. The molecule has 0 aliphatic heterocycles. The average Bonchev–Trinajstić information content (AvgIpc) is 3.11. The molecule has 3 rings (SSSR count). The van der Waals surface area contributed by atoms with Gasteiger partial charge in [-0.2, -0.15) is 5.10 Å². The third-order valence-corrected chi connectivity index (χ3v) is 4.63. The number of carbonyl (C=O) groups excluding carboxylic acids is 1. The van der Waals surface area contributed by atoms with E-state index in [1.54, 1.807) is 12.1 Å². The number of aromatic nitrogens is 2. The number of halogens is 1. The second-order valence-electron chi connectivity index (χ2n) is 5.06. The topological polar surface area (TPSA) is 64.0 Å². The molecule has 0 unspecified atom stereocenters. The van der Waals surface area contributed by atoms with Crippen LogP contribution in [0.1, 0.15) is 5.56 Å². The highest BCUT2D eigenvalue weighted by Crippen LogP contribution is 2.21. The molecule has 2 heterocycles. The van der Waals surface area contributed by atoms with Crippen molar-refractivity contribution in [3.8, 4) is 10.6 Å². The van der Waals surface area contributed by atoms with Crippen LogP contribution in [0.4, 0.5) is 0 Å². The second kappa shape index (κ2) is 7.42. The molecule has 24 heavy (non-hydrogen) atoms. The minimum absolute atomic E-state index is 0.136. The molecule has 0 atom stereocenters. The van der Waals surface area contributed by atoms with Crippen LogP contribution in [0.2, 0.25) is 5.02 Å². The van der Waals surface area contributed by atoms with Gasteiger partial charge in [-0.25, -0.2) is 4.68 Å². The van der Waals surface area contributed by atoms with Crippen LogP contribution in [0.25, 0.3) is 10.6 Å². The van der Waals surface area contributed by atoms with Crippen LogP contribution in [0.15, 0.2) is 58.7 Å². The van der Waals surface area contributed by atoms with Gasteiger partial charge in [-0.15, -0.1) is 11.3 Å². The first kappa shape index (κ1) is 16.4. The van der Waals surface area contributed by atoms with E-state index in [2.05, 4.69) is 10.4 Å². The molecule has 0 saturated heterocycles. The molecule has 0 aliphatic carbocycles. The van der Waals surface area contributed by atoms with Crippen LogP contribution in [-0.2, 0) is 17.9 Å². The zero-order chi connectivity index (χ0) is 16.9. The average molecular weight is 360 g/mol. The lowest BCUT2D eigenvalue weighted by molar-refractivity contribution is -0.122. The highest BCUT2D eigenvalue weighted by atomic mass is 35.5. The van der Waals surface area contributed by atoms with Gasteiger partial charge in [0, 0.05) is 17.6 Å². The van der Waals surface area contributed by atoms with Crippen molar-refractivity contribution in [2.24, 2.45) is 0 Å². The number of nitrogens with zero attached hydrogens (tertiary/aromatic N) is 2. The van der Waals surface area contributed by atoms with Crippen LogP contribution in [0, 0.1) is 0 Å². The summed E-state index contributed by atoms with van der Waals surface area (Å²) in [6.07, 6.45) is 0. The van der Waals surface area contributed by atoms with Gasteiger partial charge in [-0.05, 0) is 29.1 Å². The molecule has 5 nitrogen and oxygen atoms in total. The second-order valence-corrected chi connectivity index (χ2v) is 6.41. The molecular weight excluding hydrogens is 346 g/mol. The quantitative estimate of drug-likeness (QED) is 0.761. The van der Waals surface area contributed by atoms with Crippen LogP contribution < -0.4 is 10.9 Å². The lowest BCUT2D eigenvalue weighted by Gasteiger charge is -2.08. The maximum absolute atomic E-state index is 12.1. The standard InChI is InChI=1S/C17H14ClN3O2S/c18-13-5-2-1-4-12(13)10-19-16(22)11-21-17(23)8-7-14(20-21)15-6-3-9-24-15/h1-9H,10-11H2,(H,19,22). The Bertz CT molecular complexity index is 906. The summed E-state index contributed by atoms with van der Waals surface area (Å²) in [7, 11) is 0. The Morgan fingerprint density at radius 2 is 2.00 bits per heavy atom. The molecule has 2 aromatic heterocycles. The maximum Gasteiger partial charge on any atom is 0.267 e. The lowest BCUT2D eigenvalue weighted by Crippen LogP contribution is -2.33. The van der Waals surface area contributed by atoms with Crippen LogP contribution in [0.5, 0.6) is 0 Å². The number of benzene rings is 1. The number of thiophene rings is 1. The summed E-state index contributed by atoms with van der Waals surface area (Å²) in [5.74, 6) is -0.298. The van der Waals surface area contributed by atoms with E-state index in [1.807, 2.05) is 35.7 Å². The van der Waals surface area contributed by atoms with E-state index in [0.717, 1.165) is 15.1 Å². The monoisotopic (exact) mass is 359 g/mol. The van der Waals surface area contributed by atoms with Crippen LogP contribution >= 0.6 is 22.9 Å². The van der Waals surface area contributed by atoms with Gasteiger partial charge in [0.2, 0.25) is 5.91 Å². The van der Waals surface area contributed by atoms with E-state index in [9.17, 15) is 9.59 Å². The largest absolute Gasteiger partial charge is 0.350 e. The molecule has 3 aromatic rings. The Hall–Kier alpha value is -2.44. The Morgan fingerprint density at radius 1 is 1.17 bits per heavy atom. The Labute approximate surface area is 147 Å². The molecule has 0 spiro atoms. The molecule has 1 aromatic carbocycles. The highest BCUT2D eigenvalue weighted by Gasteiger charge is 2.09. The van der Waals surface area contributed by atoms with Gasteiger partial charge in [-0.3, -0.25) is 9.59 Å². The van der Waals surface area contributed by atoms with Crippen molar-refractivity contribution < 1.29 is 4.79 Å². The Balaban J connectivity index is 1.69. The summed E-state index contributed by atoms with van der Waals surface area (Å²) in [6.45, 7) is 0.167.